The Labute approximate surface area is 291 Å². The number of aliphatic carboxylic acids is 1. The number of hydrogen-bond donors (Lipinski definition) is 1. The molecule has 47 heavy (non-hydrogen) atoms. The first-order valence-corrected chi connectivity index (χ1v) is 19.4. The third-order valence-corrected chi connectivity index (χ3v) is 9.90. The SMILES string of the molecule is C.CC/C=C\C1(/C=C\C2(/C=C\CCCCCCCC(C)=O)CC2)CC1.CCCCC/C=C\C1(/C=C\CCCCCCCC(=O)O)CC1. The number of rotatable bonds is 27. The molecule has 3 rings (SSSR count). The molecule has 3 aliphatic carbocycles. The summed E-state index contributed by atoms with van der Waals surface area (Å²) in [6.07, 6.45) is 53.7. The highest BCUT2D eigenvalue weighted by Crippen LogP contribution is 2.54. The highest BCUT2D eigenvalue weighted by molar-refractivity contribution is 5.75. The normalized spacial score (nSPS) is 18.5. The number of Topliss-reactive ketones (excluding diaryl/α,β-unsaturated/α-hetero) is 1. The minimum absolute atomic E-state index is 0. The van der Waals surface area contributed by atoms with Crippen molar-refractivity contribution in [1.29, 1.82) is 0 Å². The maximum Gasteiger partial charge on any atom is 0.303 e. The third kappa shape index (κ3) is 22.2. The van der Waals surface area contributed by atoms with Gasteiger partial charge in [0.1, 0.15) is 5.78 Å². The Balaban J connectivity index is 0.000000462. The standard InChI is InChI=1S/C23H36O.C20H34O2.CH4/c1-3-4-13-22(15-16-22)17-18-23(19-20-23)14-11-9-7-5-6-8-10-12-21(2)24;1-2-3-4-9-12-15-20(17-18-20)16-13-10-7-5-6-8-11-14-19(21)22;/h4,11,13-14,17-18H,3,5-10,12,15-16,19-20H2,1-2H3;12-13,15-16H,2-11,14,17-18H2,1H3,(H,21,22);1H4/b13-4-,14-11-,18-17-;15-12-,16-13-;. The van der Waals surface area contributed by atoms with Gasteiger partial charge in [0.25, 0.3) is 0 Å². The highest BCUT2D eigenvalue weighted by atomic mass is 16.4. The van der Waals surface area contributed by atoms with Gasteiger partial charge in [-0.05, 0) is 103 Å². The molecule has 0 unspecified atom stereocenters. The summed E-state index contributed by atoms with van der Waals surface area (Å²) in [4.78, 5) is 21.3. The number of ketones is 1. The van der Waals surface area contributed by atoms with Crippen LogP contribution in [0.3, 0.4) is 0 Å². The Kier molecular flexibility index (Phi) is 22.7. The van der Waals surface area contributed by atoms with Crippen LogP contribution in [-0.4, -0.2) is 16.9 Å². The van der Waals surface area contributed by atoms with Crippen molar-refractivity contribution in [3.05, 3.63) is 60.8 Å². The summed E-state index contributed by atoms with van der Waals surface area (Å²) in [6, 6.07) is 0. The van der Waals surface area contributed by atoms with Crippen LogP contribution in [0.2, 0.25) is 0 Å². The molecular formula is C44H74O3. The zero-order valence-electron chi connectivity index (χ0n) is 30.2. The zero-order valence-corrected chi connectivity index (χ0v) is 30.2. The van der Waals surface area contributed by atoms with Crippen molar-refractivity contribution in [2.75, 3.05) is 0 Å². The first-order valence-electron chi connectivity index (χ1n) is 19.4. The van der Waals surface area contributed by atoms with Gasteiger partial charge in [-0.3, -0.25) is 4.79 Å². The van der Waals surface area contributed by atoms with Crippen molar-refractivity contribution in [3.63, 3.8) is 0 Å². The summed E-state index contributed by atoms with van der Waals surface area (Å²) in [7, 11) is 0. The predicted octanol–water partition coefficient (Wildman–Crippen LogP) is 13.9. The smallest absolute Gasteiger partial charge is 0.303 e. The molecule has 3 fully saturated rings. The average Bonchev–Trinajstić information content (AvgIpc) is 3.94. The Hall–Kier alpha value is -2.16. The summed E-state index contributed by atoms with van der Waals surface area (Å²) >= 11 is 0. The average molecular weight is 651 g/mol. The molecule has 0 spiro atoms. The van der Waals surface area contributed by atoms with Crippen LogP contribution in [0.25, 0.3) is 0 Å². The molecule has 0 aromatic carbocycles. The maximum atomic E-state index is 10.9. The lowest BCUT2D eigenvalue weighted by Gasteiger charge is -2.07. The van der Waals surface area contributed by atoms with Gasteiger partial charge in [-0.15, -0.1) is 0 Å². The molecule has 268 valence electrons. The van der Waals surface area contributed by atoms with Gasteiger partial charge in [0, 0.05) is 29.1 Å². The van der Waals surface area contributed by atoms with Gasteiger partial charge in [0.05, 0.1) is 0 Å². The third-order valence-electron chi connectivity index (χ3n) is 9.90. The van der Waals surface area contributed by atoms with Gasteiger partial charge in [-0.25, -0.2) is 0 Å². The molecular weight excluding hydrogens is 576 g/mol. The number of carboxylic acid groups (broad SMARTS) is 1. The van der Waals surface area contributed by atoms with Crippen molar-refractivity contribution in [2.45, 2.75) is 189 Å². The van der Waals surface area contributed by atoms with Crippen LogP contribution in [0.4, 0.5) is 0 Å². The van der Waals surface area contributed by atoms with Gasteiger partial charge in [0.2, 0.25) is 0 Å². The molecule has 0 amide bonds. The summed E-state index contributed by atoms with van der Waals surface area (Å²) in [5.74, 6) is -0.334. The van der Waals surface area contributed by atoms with E-state index in [2.05, 4.69) is 74.6 Å². The second kappa shape index (κ2) is 24.9. The molecule has 3 heteroatoms. The van der Waals surface area contributed by atoms with Crippen LogP contribution in [0.15, 0.2) is 60.8 Å². The van der Waals surface area contributed by atoms with E-state index in [1.165, 1.54) is 122 Å². The topological polar surface area (TPSA) is 54.4 Å². The van der Waals surface area contributed by atoms with Crippen LogP contribution in [0.5, 0.6) is 0 Å². The fourth-order valence-electron chi connectivity index (χ4n) is 5.99. The molecule has 0 heterocycles. The second-order valence-electron chi connectivity index (χ2n) is 14.8. The number of carbonyl (C=O) groups excluding carboxylic acids is 1. The number of unbranched alkanes of at least 4 members (excludes halogenated alkanes) is 13. The molecule has 3 aliphatic rings. The summed E-state index contributed by atoms with van der Waals surface area (Å²) in [5, 5.41) is 8.56. The zero-order chi connectivity index (χ0) is 33.4. The van der Waals surface area contributed by atoms with E-state index in [9.17, 15) is 9.59 Å². The molecule has 0 saturated heterocycles. The summed E-state index contributed by atoms with van der Waals surface area (Å²) < 4.78 is 0. The molecule has 0 bridgehead atoms. The Morgan fingerprint density at radius 1 is 0.511 bits per heavy atom. The Morgan fingerprint density at radius 3 is 1.26 bits per heavy atom. The van der Waals surface area contributed by atoms with E-state index in [4.69, 9.17) is 5.11 Å². The molecule has 3 saturated carbocycles. The lowest BCUT2D eigenvalue weighted by Crippen LogP contribution is -1.94. The van der Waals surface area contributed by atoms with Gasteiger partial charge in [0.15, 0.2) is 0 Å². The van der Waals surface area contributed by atoms with E-state index in [-0.39, 0.29) is 7.43 Å². The Bertz CT molecular complexity index is 982. The van der Waals surface area contributed by atoms with E-state index in [1.54, 1.807) is 6.92 Å². The number of carboxylic acids is 1. The van der Waals surface area contributed by atoms with E-state index in [0.29, 0.717) is 28.4 Å². The van der Waals surface area contributed by atoms with Gasteiger partial charge >= 0.3 is 5.97 Å². The first kappa shape index (κ1) is 42.9. The summed E-state index contributed by atoms with van der Waals surface area (Å²) in [6.45, 7) is 6.16. The quantitative estimate of drug-likeness (QED) is 0.0711. The van der Waals surface area contributed by atoms with E-state index < -0.39 is 5.97 Å². The molecule has 1 N–H and O–H groups in total. The highest BCUT2D eigenvalue weighted by Gasteiger charge is 2.41. The largest absolute Gasteiger partial charge is 0.481 e. The fourth-order valence-corrected chi connectivity index (χ4v) is 5.99. The minimum Gasteiger partial charge on any atom is -0.481 e. The Morgan fingerprint density at radius 2 is 0.872 bits per heavy atom. The van der Waals surface area contributed by atoms with Crippen molar-refractivity contribution in [1.82, 2.24) is 0 Å². The van der Waals surface area contributed by atoms with Crippen LogP contribution in [-0.2, 0) is 9.59 Å². The lowest BCUT2D eigenvalue weighted by atomic mass is 9.98. The number of allylic oxidation sites excluding steroid dienone is 10. The van der Waals surface area contributed by atoms with Gasteiger partial charge < -0.3 is 9.90 Å². The predicted molar refractivity (Wildman–Crippen MR) is 205 cm³/mol. The molecule has 3 nitrogen and oxygen atoms in total. The van der Waals surface area contributed by atoms with Crippen LogP contribution in [0, 0.1) is 16.2 Å². The van der Waals surface area contributed by atoms with Crippen molar-refractivity contribution in [3.8, 4) is 0 Å². The minimum atomic E-state index is -0.666. The molecule has 0 atom stereocenters. The van der Waals surface area contributed by atoms with Crippen molar-refractivity contribution >= 4 is 11.8 Å². The number of carbonyl (C=O) groups is 2. The van der Waals surface area contributed by atoms with Crippen molar-refractivity contribution in [2.24, 2.45) is 16.2 Å². The summed E-state index contributed by atoms with van der Waals surface area (Å²) in [5.41, 5.74) is 1.23. The van der Waals surface area contributed by atoms with Gasteiger partial charge in [-0.2, -0.15) is 0 Å². The number of hydrogen-bond acceptors (Lipinski definition) is 2. The lowest BCUT2D eigenvalue weighted by molar-refractivity contribution is -0.137. The second-order valence-corrected chi connectivity index (χ2v) is 14.8. The van der Waals surface area contributed by atoms with E-state index >= 15 is 0 Å². The van der Waals surface area contributed by atoms with Crippen LogP contribution >= 0.6 is 0 Å². The van der Waals surface area contributed by atoms with Crippen LogP contribution < -0.4 is 0 Å². The van der Waals surface area contributed by atoms with Gasteiger partial charge in [-0.1, -0.05) is 133 Å². The van der Waals surface area contributed by atoms with E-state index in [0.717, 1.165) is 32.1 Å². The molecule has 0 aromatic heterocycles. The fraction of sp³-hybridized carbons (Fsp3) is 0.727. The maximum absolute atomic E-state index is 10.9. The molecule has 0 aliphatic heterocycles. The molecule has 0 aromatic rings. The molecule has 0 radical (unpaired) electrons. The monoisotopic (exact) mass is 651 g/mol. The van der Waals surface area contributed by atoms with Crippen molar-refractivity contribution < 1.29 is 14.7 Å². The van der Waals surface area contributed by atoms with Crippen LogP contribution in [0.1, 0.15) is 189 Å². The van der Waals surface area contributed by atoms with E-state index in [1.807, 2.05) is 0 Å². The first-order chi connectivity index (χ1) is 22.3.